The van der Waals surface area contributed by atoms with Crippen LogP contribution in [-0.2, 0) is 16.0 Å². The van der Waals surface area contributed by atoms with Crippen LogP contribution in [-0.4, -0.2) is 53.7 Å². The van der Waals surface area contributed by atoms with E-state index in [2.05, 4.69) is 20.9 Å². The third kappa shape index (κ3) is 4.98. The smallest absolute Gasteiger partial charge is 0.239 e. The molecule has 0 spiro atoms. The monoisotopic (exact) mass is 429 g/mol. The SMILES string of the molecule is CNC(=O)C1(Cc2cc(C3CCCCC3)no2)CCN(CC(=O)Nc2cc(C)on2)C1. The van der Waals surface area contributed by atoms with Gasteiger partial charge in [-0.1, -0.05) is 29.6 Å². The van der Waals surface area contributed by atoms with E-state index in [0.29, 0.717) is 43.4 Å². The van der Waals surface area contributed by atoms with Gasteiger partial charge in [0.15, 0.2) is 5.82 Å². The average molecular weight is 430 g/mol. The molecule has 0 radical (unpaired) electrons. The quantitative estimate of drug-likeness (QED) is 0.695. The van der Waals surface area contributed by atoms with Crippen molar-refractivity contribution in [2.45, 2.75) is 57.8 Å². The fourth-order valence-electron chi connectivity index (χ4n) is 4.92. The van der Waals surface area contributed by atoms with Gasteiger partial charge in [0.1, 0.15) is 11.5 Å². The van der Waals surface area contributed by atoms with Gasteiger partial charge in [-0.05, 0) is 32.7 Å². The highest BCUT2D eigenvalue weighted by Crippen LogP contribution is 2.37. The van der Waals surface area contributed by atoms with E-state index < -0.39 is 5.41 Å². The summed E-state index contributed by atoms with van der Waals surface area (Å²) in [5.74, 6) is 2.03. The van der Waals surface area contributed by atoms with E-state index in [1.807, 2.05) is 11.0 Å². The van der Waals surface area contributed by atoms with Crippen molar-refractivity contribution in [3.8, 4) is 0 Å². The number of carbonyl (C=O) groups excluding carboxylic acids is 2. The molecule has 2 N–H and O–H groups in total. The van der Waals surface area contributed by atoms with Gasteiger partial charge >= 0.3 is 0 Å². The summed E-state index contributed by atoms with van der Waals surface area (Å²) >= 11 is 0. The Morgan fingerprint density at radius 2 is 2.00 bits per heavy atom. The molecular formula is C22H31N5O4. The highest BCUT2D eigenvalue weighted by Gasteiger charge is 2.45. The maximum Gasteiger partial charge on any atom is 0.239 e. The number of nitrogens with one attached hydrogen (secondary N) is 2. The van der Waals surface area contributed by atoms with Crippen LogP contribution < -0.4 is 10.6 Å². The maximum absolute atomic E-state index is 12.9. The summed E-state index contributed by atoms with van der Waals surface area (Å²) in [5.41, 5.74) is 0.377. The van der Waals surface area contributed by atoms with Gasteiger partial charge in [-0.3, -0.25) is 14.5 Å². The molecule has 1 saturated heterocycles. The van der Waals surface area contributed by atoms with E-state index in [-0.39, 0.29) is 18.4 Å². The summed E-state index contributed by atoms with van der Waals surface area (Å²) in [6.45, 7) is 3.10. The number of hydrogen-bond donors (Lipinski definition) is 2. The zero-order valence-electron chi connectivity index (χ0n) is 18.3. The van der Waals surface area contributed by atoms with E-state index in [0.717, 1.165) is 24.3 Å². The van der Waals surface area contributed by atoms with Gasteiger partial charge in [0.25, 0.3) is 0 Å². The van der Waals surface area contributed by atoms with Crippen molar-refractivity contribution in [1.82, 2.24) is 20.5 Å². The molecule has 1 aliphatic heterocycles. The minimum atomic E-state index is -0.636. The van der Waals surface area contributed by atoms with Crippen molar-refractivity contribution in [2.24, 2.45) is 5.41 Å². The van der Waals surface area contributed by atoms with Crippen molar-refractivity contribution in [2.75, 3.05) is 32.0 Å². The zero-order chi connectivity index (χ0) is 21.8. The normalized spacial score (nSPS) is 22.5. The first-order valence-corrected chi connectivity index (χ1v) is 11.1. The third-order valence-electron chi connectivity index (χ3n) is 6.52. The third-order valence-corrected chi connectivity index (χ3v) is 6.52. The minimum absolute atomic E-state index is 0.0295. The number of carbonyl (C=O) groups is 2. The van der Waals surface area contributed by atoms with Gasteiger partial charge in [0, 0.05) is 38.1 Å². The molecule has 1 unspecified atom stereocenters. The van der Waals surface area contributed by atoms with Crippen molar-refractivity contribution in [3.63, 3.8) is 0 Å². The van der Waals surface area contributed by atoms with E-state index in [1.165, 1.54) is 19.3 Å². The number of nitrogens with zero attached hydrogens (tertiary/aromatic N) is 3. The molecule has 2 amide bonds. The number of aromatic nitrogens is 2. The van der Waals surface area contributed by atoms with Crippen LogP contribution in [0.25, 0.3) is 0 Å². The second-order valence-electron chi connectivity index (χ2n) is 8.92. The molecule has 31 heavy (non-hydrogen) atoms. The molecule has 9 heteroatoms. The molecule has 4 rings (SSSR count). The van der Waals surface area contributed by atoms with Crippen molar-refractivity contribution in [1.29, 1.82) is 0 Å². The Morgan fingerprint density at radius 3 is 2.71 bits per heavy atom. The molecule has 0 aromatic carbocycles. The first-order chi connectivity index (χ1) is 15.0. The molecule has 0 bridgehead atoms. The lowest BCUT2D eigenvalue weighted by Gasteiger charge is -2.26. The Morgan fingerprint density at radius 1 is 1.19 bits per heavy atom. The standard InChI is InChI=1S/C22H31N5O4/c1-15-10-19(26-30-15)24-20(28)13-27-9-8-22(14-27,21(29)23-2)12-17-11-18(25-31-17)16-6-4-3-5-7-16/h10-11,16H,3-9,12-14H2,1-2H3,(H,23,29)(H,24,26,28). The maximum atomic E-state index is 12.9. The second-order valence-corrected chi connectivity index (χ2v) is 8.92. The molecule has 9 nitrogen and oxygen atoms in total. The lowest BCUT2D eigenvalue weighted by atomic mass is 9.81. The number of hydrogen-bond acceptors (Lipinski definition) is 7. The summed E-state index contributed by atoms with van der Waals surface area (Å²) in [6, 6.07) is 3.70. The Bertz CT molecular complexity index is 917. The van der Waals surface area contributed by atoms with Gasteiger partial charge in [-0.2, -0.15) is 0 Å². The van der Waals surface area contributed by atoms with Crippen LogP contribution in [0.4, 0.5) is 5.82 Å². The van der Waals surface area contributed by atoms with Gasteiger partial charge in [-0.25, -0.2) is 0 Å². The fraction of sp³-hybridized carbons (Fsp3) is 0.636. The van der Waals surface area contributed by atoms with Crippen LogP contribution in [0.5, 0.6) is 0 Å². The number of aryl methyl sites for hydroxylation is 1. The highest BCUT2D eigenvalue weighted by atomic mass is 16.5. The Hall–Kier alpha value is -2.68. The summed E-state index contributed by atoms with van der Waals surface area (Å²) < 4.78 is 10.6. The summed E-state index contributed by atoms with van der Waals surface area (Å²) in [5, 5.41) is 13.6. The lowest BCUT2D eigenvalue weighted by Crippen LogP contribution is -2.44. The highest BCUT2D eigenvalue weighted by molar-refractivity contribution is 5.91. The largest absolute Gasteiger partial charge is 0.361 e. The van der Waals surface area contributed by atoms with Crippen LogP contribution >= 0.6 is 0 Å². The van der Waals surface area contributed by atoms with Crippen LogP contribution in [0.3, 0.4) is 0 Å². The Balaban J connectivity index is 1.39. The van der Waals surface area contributed by atoms with Crippen LogP contribution in [0.1, 0.15) is 61.7 Å². The van der Waals surface area contributed by atoms with Gasteiger partial charge in [0.05, 0.1) is 17.7 Å². The molecule has 1 aliphatic carbocycles. The van der Waals surface area contributed by atoms with Crippen molar-refractivity contribution < 1.29 is 18.6 Å². The summed E-state index contributed by atoms with van der Waals surface area (Å²) in [7, 11) is 1.65. The summed E-state index contributed by atoms with van der Waals surface area (Å²) in [6.07, 6.45) is 7.21. The first-order valence-electron chi connectivity index (χ1n) is 11.1. The molecule has 2 aromatic rings. The predicted molar refractivity (Wildman–Crippen MR) is 113 cm³/mol. The minimum Gasteiger partial charge on any atom is -0.361 e. The van der Waals surface area contributed by atoms with Gasteiger partial charge < -0.3 is 19.7 Å². The van der Waals surface area contributed by atoms with Gasteiger partial charge in [-0.15, -0.1) is 0 Å². The van der Waals surface area contributed by atoms with E-state index in [4.69, 9.17) is 9.05 Å². The van der Waals surface area contributed by atoms with E-state index >= 15 is 0 Å². The molecule has 1 saturated carbocycles. The molecule has 1 atom stereocenters. The fourth-order valence-corrected chi connectivity index (χ4v) is 4.92. The van der Waals surface area contributed by atoms with Gasteiger partial charge in [0.2, 0.25) is 11.8 Å². The predicted octanol–water partition coefficient (Wildman–Crippen LogP) is 2.64. The molecule has 2 aromatic heterocycles. The molecule has 168 valence electrons. The van der Waals surface area contributed by atoms with Crippen LogP contribution in [0.2, 0.25) is 0 Å². The van der Waals surface area contributed by atoms with Crippen LogP contribution in [0.15, 0.2) is 21.2 Å². The number of amides is 2. The topological polar surface area (TPSA) is 114 Å². The van der Waals surface area contributed by atoms with Crippen molar-refractivity contribution >= 4 is 17.6 Å². The number of rotatable bonds is 7. The lowest BCUT2D eigenvalue weighted by molar-refractivity contribution is -0.130. The first kappa shape index (κ1) is 21.5. The van der Waals surface area contributed by atoms with Crippen molar-refractivity contribution in [3.05, 3.63) is 29.3 Å². The van der Waals surface area contributed by atoms with E-state index in [1.54, 1.807) is 20.0 Å². The molecule has 2 fully saturated rings. The number of anilines is 1. The molecule has 3 heterocycles. The number of likely N-dealkylation sites (tertiary alicyclic amines) is 1. The van der Waals surface area contributed by atoms with E-state index in [9.17, 15) is 9.59 Å². The Labute approximate surface area is 181 Å². The summed E-state index contributed by atoms with van der Waals surface area (Å²) in [4.78, 5) is 27.2. The Kier molecular flexibility index (Phi) is 6.41. The molecule has 2 aliphatic rings. The zero-order valence-corrected chi connectivity index (χ0v) is 18.3. The molecular weight excluding hydrogens is 398 g/mol. The average Bonchev–Trinajstić information content (AvgIpc) is 3.50. The van der Waals surface area contributed by atoms with Crippen LogP contribution in [0, 0.1) is 12.3 Å². The second kappa shape index (κ2) is 9.21.